The third kappa shape index (κ3) is 5.53. The second kappa shape index (κ2) is 9.32. The number of carbonyl (C=O) groups is 2. The number of hydrogen-bond donors (Lipinski definition) is 0. The first kappa shape index (κ1) is 19.8. The molecule has 0 fully saturated rings. The summed E-state index contributed by atoms with van der Waals surface area (Å²) in [6.45, 7) is 2.50. The smallest absolute Gasteiger partial charge is 0.306 e. The third-order valence-corrected chi connectivity index (χ3v) is 5.23. The standard InChI is InChI=1S/C21H22N2O4S/c1-15-3-9-19(28-15)18(24)8-10-21(25)27-13-16-4-6-17(7-5-16)26-14-20-22-11-12-23(20)2/h3-7,9,11-12H,8,10,13-14H2,1-2H3. The van der Waals surface area contributed by atoms with Crippen LogP contribution in [0, 0.1) is 6.92 Å². The van der Waals surface area contributed by atoms with Gasteiger partial charge < -0.3 is 14.0 Å². The molecule has 6 nitrogen and oxygen atoms in total. The Kier molecular flexibility index (Phi) is 6.60. The van der Waals surface area contributed by atoms with E-state index in [4.69, 9.17) is 9.47 Å². The van der Waals surface area contributed by atoms with Crippen molar-refractivity contribution < 1.29 is 19.1 Å². The third-order valence-electron chi connectivity index (χ3n) is 4.18. The number of thiophene rings is 1. The number of hydrogen-bond acceptors (Lipinski definition) is 6. The topological polar surface area (TPSA) is 70.4 Å². The van der Waals surface area contributed by atoms with Gasteiger partial charge in [0.15, 0.2) is 5.78 Å². The number of carbonyl (C=O) groups excluding carboxylic acids is 2. The number of aromatic nitrogens is 2. The molecule has 0 spiro atoms. The van der Waals surface area contributed by atoms with E-state index >= 15 is 0 Å². The lowest BCUT2D eigenvalue weighted by atomic mass is 10.2. The molecule has 1 aromatic carbocycles. The van der Waals surface area contributed by atoms with Gasteiger partial charge in [-0.2, -0.15) is 0 Å². The van der Waals surface area contributed by atoms with Gasteiger partial charge in [0.05, 0.1) is 11.3 Å². The van der Waals surface area contributed by atoms with Crippen LogP contribution >= 0.6 is 11.3 Å². The van der Waals surface area contributed by atoms with Crippen LogP contribution in [0.2, 0.25) is 0 Å². The normalized spacial score (nSPS) is 10.6. The summed E-state index contributed by atoms with van der Waals surface area (Å²) >= 11 is 1.44. The van der Waals surface area contributed by atoms with E-state index in [1.165, 1.54) is 11.3 Å². The van der Waals surface area contributed by atoms with Crippen molar-refractivity contribution >= 4 is 23.1 Å². The van der Waals surface area contributed by atoms with E-state index in [1.807, 2.05) is 55.1 Å². The Labute approximate surface area is 167 Å². The van der Waals surface area contributed by atoms with E-state index in [-0.39, 0.29) is 31.2 Å². The van der Waals surface area contributed by atoms with Gasteiger partial charge in [0, 0.05) is 30.7 Å². The Bertz CT molecular complexity index is 943. The Hall–Kier alpha value is -2.93. The average Bonchev–Trinajstić information content (AvgIpc) is 3.31. The molecule has 2 heterocycles. The number of benzene rings is 1. The van der Waals surface area contributed by atoms with Crippen molar-refractivity contribution in [3.63, 3.8) is 0 Å². The quantitative estimate of drug-likeness (QED) is 0.401. The monoisotopic (exact) mass is 398 g/mol. The molecule has 0 unspecified atom stereocenters. The first-order valence-corrected chi connectivity index (χ1v) is 9.76. The van der Waals surface area contributed by atoms with Crippen molar-refractivity contribution in [1.29, 1.82) is 0 Å². The molecule has 0 saturated heterocycles. The predicted molar refractivity (Wildman–Crippen MR) is 106 cm³/mol. The molecule has 0 amide bonds. The summed E-state index contributed by atoms with van der Waals surface area (Å²) in [4.78, 5) is 29.9. The van der Waals surface area contributed by atoms with Gasteiger partial charge in [-0.15, -0.1) is 11.3 Å². The number of esters is 1. The molecule has 28 heavy (non-hydrogen) atoms. The summed E-state index contributed by atoms with van der Waals surface area (Å²) in [5, 5.41) is 0. The van der Waals surface area contributed by atoms with Crippen LogP contribution in [0.1, 0.15) is 38.8 Å². The number of ketones is 1. The highest BCUT2D eigenvalue weighted by Crippen LogP contribution is 2.18. The second-order valence-electron chi connectivity index (χ2n) is 6.38. The summed E-state index contributed by atoms with van der Waals surface area (Å²) in [5.41, 5.74) is 0.859. The number of imidazole rings is 1. The molecule has 0 bridgehead atoms. The Morgan fingerprint density at radius 3 is 2.50 bits per heavy atom. The Morgan fingerprint density at radius 1 is 1.07 bits per heavy atom. The first-order chi connectivity index (χ1) is 13.5. The zero-order valence-corrected chi connectivity index (χ0v) is 16.7. The molecular weight excluding hydrogens is 376 g/mol. The minimum Gasteiger partial charge on any atom is -0.486 e. The highest BCUT2D eigenvalue weighted by Gasteiger charge is 2.12. The van der Waals surface area contributed by atoms with Crippen LogP contribution in [0.4, 0.5) is 0 Å². The zero-order valence-electron chi connectivity index (χ0n) is 15.9. The van der Waals surface area contributed by atoms with Crippen LogP contribution in [0.3, 0.4) is 0 Å². The van der Waals surface area contributed by atoms with E-state index in [0.717, 1.165) is 22.0 Å². The molecule has 0 aliphatic heterocycles. The maximum absolute atomic E-state index is 12.0. The van der Waals surface area contributed by atoms with Gasteiger partial charge in [-0.1, -0.05) is 12.1 Å². The van der Waals surface area contributed by atoms with E-state index < -0.39 is 0 Å². The van der Waals surface area contributed by atoms with Gasteiger partial charge in [-0.05, 0) is 36.8 Å². The molecule has 3 aromatic rings. The van der Waals surface area contributed by atoms with Gasteiger partial charge in [0.1, 0.15) is 24.8 Å². The average molecular weight is 398 g/mol. The molecule has 0 N–H and O–H groups in total. The fourth-order valence-electron chi connectivity index (χ4n) is 2.52. The minimum absolute atomic E-state index is 0.0238. The largest absolute Gasteiger partial charge is 0.486 e. The highest BCUT2D eigenvalue weighted by atomic mass is 32.1. The van der Waals surface area contributed by atoms with Crippen LogP contribution in [0.5, 0.6) is 5.75 Å². The minimum atomic E-state index is -0.378. The van der Waals surface area contributed by atoms with E-state index in [2.05, 4.69) is 4.98 Å². The van der Waals surface area contributed by atoms with Crippen molar-refractivity contribution in [2.45, 2.75) is 33.0 Å². The van der Waals surface area contributed by atoms with Gasteiger partial charge >= 0.3 is 5.97 Å². The van der Waals surface area contributed by atoms with Gasteiger partial charge in [-0.3, -0.25) is 9.59 Å². The highest BCUT2D eigenvalue weighted by molar-refractivity contribution is 7.14. The molecule has 0 aliphatic rings. The van der Waals surface area contributed by atoms with E-state index in [1.54, 1.807) is 12.3 Å². The van der Waals surface area contributed by atoms with Crippen LogP contribution in [-0.4, -0.2) is 21.3 Å². The lowest BCUT2D eigenvalue weighted by molar-refractivity contribution is -0.144. The number of Topliss-reactive ketones (excluding diaryl/α,β-unsaturated/α-hetero) is 1. The van der Waals surface area contributed by atoms with E-state index in [9.17, 15) is 9.59 Å². The van der Waals surface area contributed by atoms with Crippen LogP contribution < -0.4 is 4.74 Å². The lowest BCUT2D eigenvalue weighted by Crippen LogP contribution is -2.07. The van der Waals surface area contributed by atoms with Crippen molar-refractivity contribution in [2.24, 2.45) is 7.05 Å². The second-order valence-corrected chi connectivity index (χ2v) is 7.67. The van der Waals surface area contributed by atoms with Gasteiger partial charge in [0.25, 0.3) is 0 Å². The number of aryl methyl sites for hydroxylation is 2. The first-order valence-electron chi connectivity index (χ1n) is 8.94. The molecule has 0 atom stereocenters. The lowest BCUT2D eigenvalue weighted by Gasteiger charge is -2.08. The summed E-state index contributed by atoms with van der Waals surface area (Å²) in [5.74, 6) is 1.15. The van der Waals surface area contributed by atoms with Crippen LogP contribution in [0.15, 0.2) is 48.8 Å². The molecule has 7 heteroatoms. The molecule has 3 rings (SSSR count). The number of nitrogens with zero attached hydrogens (tertiary/aromatic N) is 2. The van der Waals surface area contributed by atoms with Gasteiger partial charge in [0.2, 0.25) is 0 Å². The fraction of sp³-hybridized carbons (Fsp3) is 0.286. The van der Waals surface area contributed by atoms with Crippen LogP contribution in [-0.2, 0) is 29.8 Å². The summed E-state index contributed by atoms with van der Waals surface area (Å²) in [6, 6.07) is 11.1. The predicted octanol–water partition coefficient (Wildman–Crippen LogP) is 4.08. The summed E-state index contributed by atoms with van der Waals surface area (Å²) < 4.78 is 12.8. The SMILES string of the molecule is Cc1ccc(C(=O)CCC(=O)OCc2ccc(OCc3nccn3C)cc2)s1. The molecule has 0 aliphatic carbocycles. The molecular formula is C21H22N2O4S. The maximum atomic E-state index is 12.0. The Balaban J connectivity index is 1.39. The molecule has 0 saturated carbocycles. The Morgan fingerprint density at radius 2 is 1.86 bits per heavy atom. The maximum Gasteiger partial charge on any atom is 0.306 e. The van der Waals surface area contributed by atoms with E-state index in [0.29, 0.717) is 11.5 Å². The molecule has 0 radical (unpaired) electrons. The number of rotatable bonds is 9. The fourth-order valence-corrected chi connectivity index (χ4v) is 3.36. The molecule has 146 valence electrons. The van der Waals surface area contributed by atoms with Crippen molar-refractivity contribution in [1.82, 2.24) is 9.55 Å². The number of ether oxygens (including phenoxy) is 2. The summed E-state index contributed by atoms with van der Waals surface area (Å²) in [6.07, 6.45) is 3.84. The summed E-state index contributed by atoms with van der Waals surface area (Å²) in [7, 11) is 1.91. The van der Waals surface area contributed by atoms with Crippen molar-refractivity contribution in [3.8, 4) is 5.75 Å². The zero-order chi connectivity index (χ0) is 19.9. The van der Waals surface area contributed by atoms with Crippen LogP contribution in [0.25, 0.3) is 0 Å². The van der Waals surface area contributed by atoms with Crippen molar-refractivity contribution in [2.75, 3.05) is 0 Å². The van der Waals surface area contributed by atoms with Gasteiger partial charge in [-0.25, -0.2) is 4.98 Å². The molecule has 2 aromatic heterocycles. The van der Waals surface area contributed by atoms with Crippen molar-refractivity contribution in [3.05, 3.63) is 69.9 Å².